The fourth-order valence-corrected chi connectivity index (χ4v) is 2.79. The zero-order valence-corrected chi connectivity index (χ0v) is 9.59. The third-order valence-electron chi connectivity index (χ3n) is 2.64. The van der Waals surface area contributed by atoms with E-state index in [-0.39, 0.29) is 10.8 Å². The average Bonchev–Trinajstić information content (AvgIpc) is 2.28. The zero-order valence-electron chi connectivity index (χ0n) is 8.77. The third kappa shape index (κ3) is 1.73. The Morgan fingerprint density at radius 2 is 2.14 bits per heavy atom. The molecule has 2 atom stereocenters. The van der Waals surface area contributed by atoms with Crippen molar-refractivity contribution in [3.8, 4) is 0 Å². The molecule has 0 spiro atoms. The first-order valence-electron chi connectivity index (χ1n) is 4.45. The molecule has 1 heterocycles. The molecule has 0 aliphatic carbocycles. The number of aliphatic carboxylic acids is 1. The van der Waals surface area contributed by atoms with Crippen LogP contribution in [-0.2, 0) is 9.59 Å². The summed E-state index contributed by atoms with van der Waals surface area (Å²) in [7, 11) is 1.71. The van der Waals surface area contributed by atoms with Crippen LogP contribution in [0.4, 0.5) is 0 Å². The number of amides is 1. The van der Waals surface area contributed by atoms with Gasteiger partial charge in [0.15, 0.2) is 0 Å². The first-order valence-corrected chi connectivity index (χ1v) is 5.33. The van der Waals surface area contributed by atoms with Gasteiger partial charge in [-0.15, -0.1) is 11.8 Å². The molecule has 14 heavy (non-hydrogen) atoms. The highest BCUT2D eigenvalue weighted by Crippen LogP contribution is 2.42. The summed E-state index contributed by atoms with van der Waals surface area (Å²) in [5.41, 5.74) is 0. The van der Waals surface area contributed by atoms with Crippen molar-refractivity contribution in [1.29, 1.82) is 0 Å². The van der Waals surface area contributed by atoms with Gasteiger partial charge in [0.1, 0.15) is 0 Å². The van der Waals surface area contributed by atoms with Crippen molar-refractivity contribution in [2.24, 2.45) is 5.92 Å². The highest BCUT2D eigenvalue weighted by atomic mass is 32.2. The maximum Gasteiger partial charge on any atom is 0.307 e. The molecule has 4 nitrogen and oxygen atoms in total. The lowest BCUT2D eigenvalue weighted by atomic mass is 10.1. The summed E-state index contributed by atoms with van der Waals surface area (Å²) in [4.78, 5) is 23.8. The van der Waals surface area contributed by atoms with Crippen LogP contribution in [0.1, 0.15) is 20.8 Å². The van der Waals surface area contributed by atoms with Crippen LogP contribution >= 0.6 is 11.8 Å². The maximum atomic E-state index is 11.7. The fraction of sp³-hybridized carbons (Fsp3) is 0.778. The molecule has 1 aliphatic rings. The van der Waals surface area contributed by atoms with E-state index in [0.717, 1.165) is 0 Å². The number of thioether (sulfide) groups is 1. The van der Waals surface area contributed by atoms with E-state index in [1.807, 2.05) is 13.8 Å². The number of nitrogens with zero attached hydrogens (tertiary/aromatic N) is 1. The molecule has 2 unspecified atom stereocenters. The van der Waals surface area contributed by atoms with Crippen LogP contribution in [-0.4, -0.2) is 39.1 Å². The zero-order chi connectivity index (χ0) is 11.1. The Bertz CT molecular complexity index is 277. The molecule has 1 aliphatic heterocycles. The number of hydrogen-bond donors (Lipinski definition) is 1. The van der Waals surface area contributed by atoms with Crippen molar-refractivity contribution in [3.05, 3.63) is 0 Å². The van der Waals surface area contributed by atoms with Gasteiger partial charge >= 0.3 is 5.97 Å². The Kier molecular flexibility index (Phi) is 2.81. The van der Waals surface area contributed by atoms with Gasteiger partial charge in [-0.05, 0) is 13.8 Å². The van der Waals surface area contributed by atoms with Gasteiger partial charge in [-0.3, -0.25) is 9.59 Å². The smallest absolute Gasteiger partial charge is 0.307 e. The van der Waals surface area contributed by atoms with E-state index in [4.69, 9.17) is 5.11 Å². The quantitative estimate of drug-likeness (QED) is 0.750. The normalized spacial score (nSPS) is 27.9. The summed E-state index contributed by atoms with van der Waals surface area (Å²) < 4.78 is 0. The van der Waals surface area contributed by atoms with Gasteiger partial charge in [0.05, 0.1) is 16.0 Å². The van der Waals surface area contributed by atoms with Crippen LogP contribution in [0.2, 0.25) is 0 Å². The minimum Gasteiger partial charge on any atom is -0.481 e. The van der Waals surface area contributed by atoms with Crippen molar-refractivity contribution in [1.82, 2.24) is 4.90 Å². The third-order valence-corrected chi connectivity index (χ3v) is 4.36. The fourth-order valence-electron chi connectivity index (χ4n) is 1.34. The van der Waals surface area contributed by atoms with Gasteiger partial charge in [-0.2, -0.15) is 0 Å². The van der Waals surface area contributed by atoms with Gasteiger partial charge < -0.3 is 10.0 Å². The Hall–Kier alpha value is -0.710. The minimum atomic E-state index is -0.915. The standard InChI is InChI=1S/C9H15NO3S/c1-5(8(12)13)6-7(11)10(4)9(2,3)14-6/h5-6H,1-4H3,(H,12,13). The summed E-state index contributed by atoms with van der Waals surface area (Å²) in [6.07, 6.45) is 0. The maximum absolute atomic E-state index is 11.7. The molecule has 0 aromatic heterocycles. The van der Waals surface area contributed by atoms with Crippen LogP contribution in [0.15, 0.2) is 0 Å². The highest BCUT2D eigenvalue weighted by molar-refractivity contribution is 8.02. The average molecular weight is 217 g/mol. The monoisotopic (exact) mass is 217 g/mol. The predicted octanol–water partition coefficient (Wildman–Crippen LogP) is 1.02. The SMILES string of the molecule is CC(C(=O)O)C1SC(C)(C)N(C)C1=O. The van der Waals surface area contributed by atoms with E-state index in [0.29, 0.717) is 0 Å². The summed E-state index contributed by atoms with van der Waals surface area (Å²) in [6.45, 7) is 5.42. The van der Waals surface area contributed by atoms with Gasteiger partial charge in [0.25, 0.3) is 0 Å². The number of hydrogen-bond acceptors (Lipinski definition) is 3. The van der Waals surface area contributed by atoms with Crippen molar-refractivity contribution in [2.75, 3.05) is 7.05 Å². The van der Waals surface area contributed by atoms with Gasteiger partial charge in [0, 0.05) is 7.05 Å². The van der Waals surface area contributed by atoms with Gasteiger partial charge in [0.2, 0.25) is 5.91 Å². The van der Waals surface area contributed by atoms with Crippen LogP contribution in [0.25, 0.3) is 0 Å². The number of carbonyl (C=O) groups is 2. The van der Waals surface area contributed by atoms with Crippen molar-refractivity contribution >= 4 is 23.6 Å². The minimum absolute atomic E-state index is 0.0881. The van der Waals surface area contributed by atoms with Gasteiger partial charge in [-0.25, -0.2) is 0 Å². The second-order valence-electron chi connectivity index (χ2n) is 4.01. The van der Waals surface area contributed by atoms with Crippen LogP contribution < -0.4 is 0 Å². The van der Waals surface area contributed by atoms with E-state index < -0.39 is 17.1 Å². The summed E-state index contributed by atoms with van der Waals surface area (Å²) >= 11 is 1.42. The molecule has 0 aromatic rings. The van der Waals surface area contributed by atoms with E-state index in [1.165, 1.54) is 11.8 Å². The molecular weight excluding hydrogens is 202 g/mol. The Labute approximate surface area is 87.7 Å². The second-order valence-corrected chi connectivity index (χ2v) is 5.75. The molecule has 80 valence electrons. The molecular formula is C9H15NO3S. The molecule has 0 aromatic carbocycles. The molecule has 1 rings (SSSR count). The molecule has 1 fully saturated rings. The van der Waals surface area contributed by atoms with Crippen molar-refractivity contribution in [3.63, 3.8) is 0 Å². The molecule has 5 heteroatoms. The molecule has 0 saturated carbocycles. The first-order chi connectivity index (χ1) is 6.27. The van der Waals surface area contributed by atoms with Crippen molar-refractivity contribution in [2.45, 2.75) is 30.9 Å². The summed E-state index contributed by atoms with van der Waals surface area (Å²) in [5, 5.41) is 8.38. The van der Waals surface area contributed by atoms with Crippen molar-refractivity contribution < 1.29 is 14.7 Å². The molecule has 1 saturated heterocycles. The molecule has 1 N–H and O–H groups in total. The van der Waals surface area contributed by atoms with Crippen LogP contribution in [0.3, 0.4) is 0 Å². The number of rotatable bonds is 2. The molecule has 1 amide bonds. The number of carbonyl (C=O) groups excluding carboxylic acids is 1. The Balaban J connectivity index is 2.86. The first kappa shape index (κ1) is 11.4. The van der Waals surface area contributed by atoms with E-state index in [9.17, 15) is 9.59 Å². The van der Waals surface area contributed by atoms with Gasteiger partial charge in [-0.1, -0.05) is 6.92 Å². The topological polar surface area (TPSA) is 57.6 Å². The largest absolute Gasteiger partial charge is 0.481 e. The van der Waals surface area contributed by atoms with E-state index in [1.54, 1.807) is 18.9 Å². The Morgan fingerprint density at radius 3 is 2.43 bits per heavy atom. The van der Waals surface area contributed by atoms with Crippen LogP contribution in [0.5, 0.6) is 0 Å². The molecule has 0 bridgehead atoms. The van der Waals surface area contributed by atoms with Crippen LogP contribution in [0, 0.1) is 5.92 Å². The number of carboxylic acids is 1. The predicted molar refractivity (Wildman–Crippen MR) is 55.0 cm³/mol. The summed E-state index contributed by atoms with van der Waals surface area (Å²) in [5.74, 6) is -1.63. The lowest BCUT2D eigenvalue weighted by molar-refractivity contribution is -0.144. The summed E-state index contributed by atoms with van der Waals surface area (Å²) in [6, 6.07) is 0. The Morgan fingerprint density at radius 1 is 1.64 bits per heavy atom. The lowest BCUT2D eigenvalue weighted by Crippen LogP contribution is -2.38. The van der Waals surface area contributed by atoms with E-state index in [2.05, 4.69) is 0 Å². The van der Waals surface area contributed by atoms with E-state index >= 15 is 0 Å². The highest BCUT2D eigenvalue weighted by Gasteiger charge is 2.47. The number of carboxylic acid groups (broad SMARTS) is 1. The molecule has 0 radical (unpaired) electrons. The second kappa shape index (κ2) is 3.46. The lowest BCUT2D eigenvalue weighted by Gasteiger charge is -2.25.